The smallest absolute Gasteiger partial charge is 0.321 e. The van der Waals surface area contributed by atoms with Gasteiger partial charge in [-0.15, -0.1) is 24.8 Å². The number of benzene rings is 1. The lowest BCUT2D eigenvalue weighted by Gasteiger charge is -2.08. The molecule has 0 fully saturated rings. The molecule has 0 saturated carbocycles. The third-order valence-corrected chi connectivity index (χ3v) is 2.41. The second-order valence-corrected chi connectivity index (χ2v) is 3.92. The highest BCUT2D eigenvalue weighted by Crippen LogP contribution is 2.18. The molecule has 2 aromatic rings. The number of halogens is 2. The van der Waals surface area contributed by atoms with E-state index in [1.807, 2.05) is 24.3 Å². The highest BCUT2D eigenvalue weighted by Gasteiger charge is 2.03. The van der Waals surface area contributed by atoms with Crippen molar-refractivity contribution in [3.8, 4) is 11.8 Å². The zero-order valence-corrected chi connectivity index (χ0v) is 12.3. The van der Waals surface area contributed by atoms with Crippen molar-refractivity contribution in [1.29, 1.82) is 0 Å². The Kier molecular flexibility index (Phi) is 8.83. The van der Waals surface area contributed by atoms with Gasteiger partial charge in [-0.05, 0) is 30.2 Å². The van der Waals surface area contributed by atoms with Gasteiger partial charge < -0.3 is 15.6 Å². The van der Waals surface area contributed by atoms with Gasteiger partial charge in [0.1, 0.15) is 5.75 Å². The number of hydrogen-bond acceptors (Lipinski definition) is 5. The molecule has 0 amide bonds. The summed E-state index contributed by atoms with van der Waals surface area (Å²) in [6, 6.07) is 9.30. The van der Waals surface area contributed by atoms with Crippen LogP contribution in [0.3, 0.4) is 0 Å². The summed E-state index contributed by atoms with van der Waals surface area (Å²) < 4.78 is 5.46. The van der Waals surface area contributed by atoms with Crippen LogP contribution in [0.5, 0.6) is 11.8 Å². The largest absolute Gasteiger partial charge is 0.424 e. The lowest BCUT2D eigenvalue weighted by Crippen LogP contribution is -2.26. The Hall–Kier alpha value is -1.40. The van der Waals surface area contributed by atoms with Crippen LogP contribution in [0.2, 0.25) is 0 Å². The van der Waals surface area contributed by atoms with Crippen molar-refractivity contribution in [2.75, 3.05) is 6.61 Å². The molecule has 0 saturated heterocycles. The quantitative estimate of drug-likeness (QED) is 0.881. The van der Waals surface area contributed by atoms with Gasteiger partial charge in [0.25, 0.3) is 0 Å². The second kappa shape index (κ2) is 9.50. The highest BCUT2D eigenvalue weighted by atomic mass is 35.5. The fourth-order valence-corrected chi connectivity index (χ4v) is 1.50. The fraction of sp³-hybridized carbons (Fsp3) is 0.231. The molecule has 5 nitrogen and oxygen atoms in total. The summed E-state index contributed by atoms with van der Waals surface area (Å²) in [5, 5.41) is 8.88. The zero-order chi connectivity index (χ0) is 12.8. The lowest BCUT2D eigenvalue weighted by molar-refractivity contribution is 0.265. The van der Waals surface area contributed by atoms with E-state index in [0.717, 1.165) is 5.56 Å². The predicted octanol–water partition coefficient (Wildman–Crippen LogP) is 1.97. The minimum absolute atomic E-state index is 0. The number of rotatable bonds is 5. The Morgan fingerprint density at radius 2 is 1.70 bits per heavy atom. The molecule has 20 heavy (non-hydrogen) atoms. The van der Waals surface area contributed by atoms with Crippen molar-refractivity contribution < 1.29 is 9.84 Å². The Bertz CT molecular complexity index is 483. The first-order valence-corrected chi connectivity index (χ1v) is 5.68. The van der Waals surface area contributed by atoms with Gasteiger partial charge in [-0.1, -0.05) is 12.1 Å². The number of aromatic nitrogens is 2. The van der Waals surface area contributed by atoms with E-state index in [1.54, 1.807) is 18.5 Å². The molecule has 0 aliphatic rings. The van der Waals surface area contributed by atoms with Crippen molar-refractivity contribution in [1.82, 2.24) is 9.97 Å². The van der Waals surface area contributed by atoms with Gasteiger partial charge >= 0.3 is 6.01 Å². The first-order chi connectivity index (χ1) is 8.78. The van der Waals surface area contributed by atoms with Crippen LogP contribution in [0.15, 0.2) is 42.7 Å². The summed E-state index contributed by atoms with van der Waals surface area (Å²) in [5.74, 6) is 0.669. The maximum Gasteiger partial charge on any atom is 0.321 e. The summed E-state index contributed by atoms with van der Waals surface area (Å²) >= 11 is 0. The van der Waals surface area contributed by atoms with E-state index in [0.29, 0.717) is 18.2 Å². The van der Waals surface area contributed by atoms with E-state index < -0.39 is 0 Å². The topological polar surface area (TPSA) is 81.3 Å². The predicted molar refractivity (Wildman–Crippen MR) is 81.8 cm³/mol. The van der Waals surface area contributed by atoms with Gasteiger partial charge in [-0.25, -0.2) is 9.97 Å². The Morgan fingerprint density at radius 1 is 1.10 bits per heavy atom. The molecule has 0 aliphatic carbocycles. The van der Waals surface area contributed by atoms with Crippen molar-refractivity contribution in [3.63, 3.8) is 0 Å². The first kappa shape index (κ1) is 18.6. The highest BCUT2D eigenvalue weighted by molar-refractivity contribution is 5.85. The van der Waals surface area contributed by atoms with E-state index in [1.165, 1.54) is 0 Å². The summed E-state index contributed by atoms with van der Waals surface area (Å²) in [4.78, 5) is 7.94. The SMILES string of the molecule is Cl.Cl.NC(CO)Cc1ccc(Oc2ncccn2)cc1. The Labute approximate surface area is 130 Å². The maximum absolute atomic E-state index is 8.88. The van der Waals surface area contributed by atoms with Crippen molar-refractivity contribution in [3.05, 3.63) is 48.3 Å². The van der Waals surface area contributed by atoms with E-state index in [4.69, 9.17) is 15.6 Å². The summed E-state index contributed by atoms with van der Waals surface area (Å²) in [7, 11) is 0. The number of hydrogen-bond donors (Lipinski definition) is 2. The number of nitrogens with zero attached hydrogens (tertiary/aromatic N) is 2. The minimum atomic E-state index is -0.228. The van der Waals surface area contributed by atoms with Gasteiger partial charge in [0.05, 0.1) is 6.61 Å². The molecule has 3 N–H and O–H groups in total. The van der Waals surface area contributed by atoms with E-state index in [-0.39, 0.29) is 37.5 Å². The van der Waals surface area contributed by atoms with Gasteiger partial charge in [-0.2, -0.15) is 0 Å². The van der Waals surface area contributed by atoms with Crippen molar-refractivity contribution >= 4 is 24.8 Å². The molecule has 1 unspecified atom stereocenters. The number of aliphatic hydroxyl groups is 1. The fourth-order valence-electron chi connectivity index (χ4n) is 1.50. The average Bonchev–Trinajstić information content (AvgIpc) is 2.42. The molecule has 0 radical (unpaired) electrons. The van der Waals surface area contributed by atoms with Crippen LogP contribution in [-0.4, -0.2) is 27.7 Å². The van der Waals surface area contributed by atoms with Gasteiger partial charge in [0.15, 0.2) is 0 Å². The second-order valence-electron chi connectivity index (χ2n) is 3.92. The standard InChI is InChI=1S/C13H15N3O2.2ClH/c14-11(9-17)8-10-2-4-12(5-3-10)18-13-15-6-1-7-16-13;;/h1-7,11,17H,8-9,14H2;2*1H. The monoisotopic (exact) mass is 317 g/mol. The summed E-state index contributed by atoms with van der Waals surface area (Å²) in [6.45, 7) is -0.0178. The van der Waals surface area contributed by atoms with E-state index >= 15 is 0 Å². The molecule has 7 heteroatoms. The zero-order valence-electron chi connectivity index (χ0n) is 10.7. The van der Waals surface area contributed by atoms with E-state index in [9.17, 15) is 0 Å². The van der Waals surface area contributed by atoms with Crippen LogP contribution in [0.25, 0.3) is 0 Å². The maximum atomic E-state index is 8.88. The number of ether oxygens (including phenoxy) is 1. The third kappa shape index (κ3) is 5.71. The average molecular weight is 318 g/mol. The van der Waals surface area contributed by atoms with Gasteiger partial charge in [0, 0.05) is 18.4 Å². The summed E-state index contributed by atoms with van der Waals surface area (Å²) in [5.41, 5.74) is 6.72. The van der Waals surface area contributed by atoms with Crippen LogP contribution >= 0.6 is 24.8 Å². The molecular formula is C13H17Cl2N3O2. The van der Waals surface area contributed by atoms with E-state index in [2.05, 4.69) is 9.97 Å². The normalized spacial score (nSPS) is 10.9. The van der Waals surface area contributed by atoms with Crippen LogP contribution in [0.1, 0.15) is 5.56 Å². The van der Waals surface area contributed by atoms with Crippen LogP contribution in [0.4, 0.5) is 0 Å². The van der Waals surface area contributed by atoms with Crippen molar-refractivity contribution in [2.24, 2.45) is 5.73 Å². The van der Waals surface area contributed by atoms with Crippen LogP contribution in [-0.2, 0) is 6.42 Å². The van der Waals surface area contributed by atoms with Crippen molar-refractivity contribution in [2.45, 2.75) is 12.5 Å². The van der Waals surface area contributed by atoms with Gasteiger partial charge in [-0.3, -0.25) is 0 Å². The third-order valence-electron chi connectivity index (χ3n) is 2.41. The minimum Gasteiger partial charge on any atom is -0.424 e. The lowest BCUT2D eigenvalue weighted by atomic mass is 10.1. The number of aliphatic hydroxyl groups excluding tert-OH is 1. The van der Waals surface area contributed by atoms with Crippen LogP contribution < -0.4 is 10.5 Å². The molecule has 1 heterocycles. The molecule has 0 aliphatic heterocycles. The molecule has 0 bridgehead atoms. The molecule has 1 aromatic heterocycles. The first-order valence-electron chi connectivity index (χ1n) is 5.68. The molecule has 1 atom stereocenters. The molecule has 2 rings (SSSR count). The number of nitrogens with two attached hydrogens (primary N) is 1. The molecule has 0 spiro atoms. The molecular weight excluding hydrogens is 301 g/mol. The molecule has 1 aromatic carbocycles. The molecule has 110 valence electrons. The van der Waals surface area contributed by atoms with Gasteiger partial charge in [0.2, 0.25) is 0 Å². The van der Waals surface area contributed by atoms with Crippen LogP contribution in [0, 0.1) is 0 Å². The Morgan fingerprint density at radius 3 is 2.25 bits per heavy atom. The Balaban J connectivity index is 0.00000180. The summed E-state index contributed by atoms with van der Waals surface area (Å²) in [6.07, 6.45) is 3.88.